The molecule has 0 saturated heterocycles. The van der Waals surface area contributed by atoms with E-state index in [9.17, 15) is 0 Å². The fourth-order valence-corrected chi connectivity index (χ4v) is 2.58. The highest BCUT2D eigenvalue weighted by Crippen LogP contribution is 2.20. The van der Waals surface area contributed by atoms with Crippen molar-refractivity contribution in [2.24, 2.45) is 0 Å². The minimum absolute atomic E-state index is 0.817. The first-order chi connectivity index (χ1) is 7.83. The molecule has 0 bridgehead atoms. The maximum atomic E-state index is 5.81. The van der Waals surface area contributed by atoms with Crippen LogP contribution in [0.1, 0.15) is 5.56 Å². The van der Waals surface area contributed by atoms with Gasteiger partial charge in [0.05, 0.1) is 5.52 Å². The van der Waals surface area contributed by atoms with Gasteiger partial charge >= 0.3 is 0 Å². The summed E-state index contributed by atoms with van der Waals surface area (Å²) in [5.41, 5.74) is 9.17. The number of nitrogen functional groups attached to an aromatic ring is 1. The van der Waals surface area contributed by atoms with E-state index in [0.717, 1.165) is 12.2 Å². The van der Waals surface area contributed by atoms with Crippen LogP contribution in [0, 0.1) is 0 Å². The second-order valence-electron chi connectivity index (χ2n) is 3.89. The Morgan fingerprint density at radius 2 is 2.12 bits per heavy atom. The first-order valence-corrected chi connectivity index (χ1v) is 6.13. The third kappa shape index (κ3) is 1.59. The average molecular weight is 228 g/mol. The topological polar surface area (TPSA) is 30.9 Å². The number of rotatable bonds is 2. The van der Waals surface area contributed by atoms with E-state index >= 15 is 0 Å². The molecule has 2 aromatic heterocycles. The molecule has 2 nitrogen and oxygen atoms in total. The highest BCUT2D eigenvalue weighted by Gasteiger charge is 2.02. The summed E-state index contributed by atoms with van der Waals surface area (Å²) in [6.45, 7) is 0.913. The zero-order valence-electron chi connectivity index (χ0n) is 8.76. The smallest absolute Gasteiger partial charge is 0.0504 e. The molecule has 2 N–H and O–H groups in total. The molecule has 2 heterocycles. The molecule has 0 spiro atoms. The number of aromatic nitrogens is 1. The summed E-state index contributed by atoms with van der Waals surface area (Å²) in [5.74, 6) is 0. The maximum absolute atomic E-state index is 5.81. The first-order valence-electron chi connectivity index (χ1n) is 5.18. The Morgan fingerprint density at radius 3 is 2.94 bits per heavy atom. The Hall–Kier alpha value is -1.74. The standard InChI is InChI=1S/C13H12N2S/c14-12-2-1-11-3-5-15(13(11)7-12)8-10-4-6-16-9-10/h1-7,9H,8,14H2. The highest BCUT2D eigenvalue weighted by atomic mass is 32.1. The van der Waals surface area contributed by atoms with Crippen LogP contribution in [0.3, 0.4) is 0 Å². The first kappa shape index (κ1) is 9.48. The highest BCUT2D eigenvalue weighted by molar-refractivity contribution is 7.07. The molecule has 16 heavy (non-hydrogen) atoms. The van der Waals surface area contributed by atoms with E-state index in [0.29, 0.717) is 0 Å². The fourth-order valence-electron chi connectivity index (χ4n) is 1.92. The van der Waals surface area contributed by atoms with Crippen LogP contribution in [0.5, 0.6) is 0 Å². The second kappa shape index (κ2) is 3.68. The van der Waals surface area contributed by atoms with E-state index in [-0.39, 0.29) is 0 Å². The normalized spacial score (nSPS) is 11.0. The third-order valence-electron chi connectivity index (χ3n) is 2.73. The van der Waals surface area contributed by atoms with E-state index in [1.165, 1.54) is 16.5 Å². The summed E-state index contributed by atoms with van der Waals surface area (Å²) >= 11 is 1.73. The molecule has 0 unspecified atom stereocenters. The van der Waals surface area contributed by atoms with E-state index < -0.39 is 0 Å². The van der Waals surface area contributed by atoms with Crippen LogP contribution in [-0.2, 0) is 6.54 Å². The van der Waals surface area contributed by atoms with Crippen molar-refractivity contribution in [3.05, 3.63) is 52.9 Å². The second-order valence-corrected chi connectivity index (χ2v) is 4.67. The quantitative estimate of drug-likeness (QED) is 0.670. The molecule has 0 amide bonds. The molecule has 1 aromatic carbocycles. The number of fused-ring (bicyclic) bond motifs is 1. The minimum Gasteiger partial charge on any atom is -0.399 e. The molecule has 3 heteroatoms. The Morgan fingerprint density at radius 1 is 1.19 bits per heavy atom. The van der Waals surface area contributed by atoms with Crippen LogP contribution in [-0.4, -0.2) is 4.57 Å². The van der Waals surface area contributed by atoms with Crippen LogP contribution in [0.25, 0.3) is 10.9 Å². The van der Waals surface area contributed by atoms with Gasteiger partial charge in [-0.05, 0) is 46.0 Å². The summed E-state index contributed by atoms with van der Waals surface area (Å²) < 4.78 is 2.23. The van der Waals surface area contributed by atoms with Crippen LogP contribution >= 0.6 is 11.3 Å². The molecule has 0 aliphatic heterocycles. The molecule has 80 valence electrons. The largest absolute Gasteiger partial charge is 0.399 e. The van der Waals surface area contributed by atoms with Crippen LogP contribution in [0.2, 0.25) is 0 Å². The number of hydrogen-bond donors (Lipinski definition) is 1. The summed E-state index contributed by atoms with van der Waals surface area (Å²) in [6, 6.07) is 10.3. The molecule has 0 saturated carbocycles. The summed E-state index contributed by atoms with van der Waals surface area (Å²) in [7, 11) is 0. The van der Waals surface area contributed by atoms with Crippen molar-refractivity contribution in [2.75, 3.05) is 5.73 Å². The van der Waals surface area contributed by atoms with Gasteiger partial charge in [0, 0.05) is 18.4 Å². The van der Waals surface area contributed by atoms with Gasteiger partial charge in [-0.3, -0.25) is 0 Å². The van der Waals surface area contributed by atoms with Gasteiger partial charge in [0.1, 0.15) is 0 Å². The molecule has 0 radical (unpaired) electrons. The van der Waals surface area contributed by atoms with Crippen LogP contribution in [0.15, 0.2) is 47.3 Å². The summed E-state index contributed by atoms with van der Waals surface area (Å²) in [6.07, 6.45) is 2.11. The predicted octanol–water partition coefficient (Wildman–Crippen LogP) is 3.33. The molecule has 0 fully saturated rings. The van der Waals surface area contributed by atoms with Crippen molar-refractivity contribution < 1.29 is 0 Å². The monoisotopic (exact) mass is 228 g/mol. The Balaban J connectivity index is 2.07. The van der Waals surface area contributed by atoms with Crippen LogP contribution in [0.4, 0.5) is 5.69 Å². The molecule has 3 aromatic rings. The Kier molecular flexibility index (Phi) is 2.18. The van der Waals surface area contributed by atoms with Crippen molar-refractivity contribution in [2.45, 2.75) is 6.54 Å². The van der Waals surface area contributed by atoms with Crippen molar-refractivity contribution in [1.29, 1.82) is 0 Å². The van der Waals surface area contributed by atoms with E-state index in [1.54, 1.807) is 11.3 Å². The van der Waals surface area contributed by atoms with Crippen LogP contribution < -0.4 is 5.73 Å². The zero-order valence-corrected chi connectivity index (χ0v) is 9.58. The number of nitrogens with two attached hydrogens (primary N) is 1. The van der Waals surface area contributed by atoms with Gasteiger partial charge in [0.15, 0.2) is 0 Å². The number of thiophene rings is 1. The summed E-state index contributed by atoms with van der Waals surface area (Å²) in [4.78, 5) is 0. The van der Waals surface area contributed by atoms with Gasteiger partial charge in [-0.2, -0.15) is 11.3 Å². The number of nitrogens with zero attached hydrogens (tertiary/aromatic N) is 1. The number of hydrogen-bond acceptors (Lipinski definition) is 2. The van der Waals surface area contributed by atoms with Gasteiger partial charge in [0.2, 0.25) is 0 Å². The minimum atomic E-state index is 0.817. The average Bonchev–Trinajstić information content (AvgIpc) is 2.90. The van der Waals surface area contributed by atoms with E-state index in [2.05, 4.69) is 39.7 Å². The predicted molar refractivity (Wildman–Crippen MR) is 69.8 cm³/mol. The van der Waals surface area contributed by atoms with Crippen molar-refractivity contribution in [3.63, 3.8) is 0 Å². The maximum Gasteiger partial charge on any atom is 0.0504 e. The SMILES string of the molecule is Nc1ccc2ccn(Cc3ccsc3)c2c1. The lowest BCUT2D eigenvalue weighted by atomic mass is 10.2. The lowest BCUT2D eigenvalue weighted by Crippen LogP contribution is -1.96. The number of benzene rings is 1. The molecule has 0 aliphatic rings. The third-order valence-corrected chi connectivity index (χ3v) is 3.46. The van der Waals surface area contributed by atoms with E-state index in [1.807, 2.05) is 12.1 Å². The van der Waals surface area contributed by atoms with Gasteiger partial charge < -0.3 is 10.3 Å². The van der Waals surface area contributed by atoms with Gasteiger partial charge in [-0.15, -0.1) is 0 Å². The van der Waals surface area contributed by atoms with Gasteiger partial charge in [0.25, 0.3) is 0 Å². The van der Waals surface area contributed by atoms with Crippen molar-refractivity contribution in [3.8, 4) is 0 Å². The molecule has 0 aliphatic carbocycles. The Labute approximate surface area is 97.9 Å². The number of anilines is 1. The molecular formula is C13H12N2S. The fraction of sp³-hybridized carbons (Fsp3) is 0.0769. The molecular weight excluding hydrogens is 216 g/mol. The van der Waals surface area contributed by atoms with Crippen molar-refractivity contribution in [1.82, 2.24) is 4.57 Å². The molecule has 3 rings (SSSR count). The molecule has 0 atom stereocenters. The zero-order chi connectivity index (χ0) is 11.0. The van der Waals surface area contributed by atoms with Crippen molar-refractivity contribution >= 4 is 27.9 Å². The lowest BCUT2D eigenvalue weighted by molar-refractivity contribution is 0.840. The lowest BCUT2D eigenvalue weighted by Gasteiger charge is -2.04. The Bertz CT molecular complexity index is 608. The van der Waals surface area contributed by atoms with Gasteiger partial charge in [-0.1, -0.05) is 6.07 Å². The van der Waals surface area contributed by atoms with E-state index in [4.69, 9.17) is 5.73 Å². The summed E-state index contributed by atoms with van der Waals surface area (Å²) in [5, 5.41) is 5.53. The van der Waals surface area contributed by atoms with Gasteiger partial charge in [-0.25, -0.2) is 0 Å².